The molecule has 2 aromatic rings. The number of carboxylic acid groups (broad SMARTS) is 1. The van der Waals surface area contributed by atoms with Gasteiger partial charge in [0.15, 0.2) is 28.5 Å². The number of carbonyl (C=O) groups is 2. The molecule has 4 aliphatic heterocycles. The number of carbonyl (C=O) groups excluding carboxylic acids is 1. The minimum absolute atomic E-state index is 0.0510. The Bertz CT molecular complexity index is 1080. The Morgan fingerprint density at radius 3 is 2.57 bits per heavy atom. The number of ether oxygens (including phenoxy) is 4. The average molecular weight is 381 g/mol. The summed E-state index contributed by atoms with van der Waals surface area (Å²) in [5.41, 5.74) is 0.980. The number of benzene rings is 2. The first kappa shape index (κ1) is 15.6. The van der Waals surface area contributed by atoms with Gasteiger partial charge >= 0.3 is 5.97 Å². The Morgan fingerprint density at radius 1 is 1.00 bits per heavy atom. The summed E-state index contributed by atoms with van der Waals surface area (Å²) in [4.78, 5) is 27.5. The van der Waals surface area contributed by atoms with E-state index in [9.17, 15) is 14.7 Å². The van der Waals surface area contributed by atoms with Crippen molar-refractivity contribution < 1.29 is 33.6 Å². The summed E-state index contributed by atoms with van der Waals surface area (Å²) in [6.07, 6.45) is 0.682. The smallest absolute Gasteiger partial charge is 0.334 e. The molecule has 0 bridgehead atoms. The highest BCUT2D eigenvalue weighted by Crippen LogP contribution is 2.50. The first-order valence-electron chi connectivity index (χ1n) is 8.99. The molecule has 8 nitrogen and oxygen atoms in total. The lowest BCUT2D eigenvalue weighted by Crippen LogP contribution is -2.61. The third kappa shape index (κ3) is 1.75. The summed E-state index contributed by atoms with van der Waals surface area (Å²) in [5.74, 6) is 0.607. The van der Waals surface area contributed by atoms with Gasteiger partial charge in [-0.15, -0.1) is 0 Å². The summed E-state index contributed by atoms with van der Waals surface area (Å²) in [6.45, 7) is 0.449. The number of hydrogen-bond donors (Lipinski definition) is 1. The van der Waals surface area contributed by atoms with Crippen molar-refractivity contribution in [3.05, 3.63) is 46.5 Å². The zero-order chi connectivity index (χ0) is 19.0. The van der Waals surface area contributed by atoms with Crippen molar-refractivity contribution in [3.63, 3.8) is 0 Å². The molecule has 0 aromatic heterocycles. The van der Waals surface area contributed by atoms with Crippen LogP contribution < -0.4 is 18.9 Å². The fourth-order valence-corrected chi connectivity index (χ4v) is 4.72. The molecule has 4 heterocycles. The van der Waals surface area contributed by atoms with E-state index in [4.69, 9.17) is 18.9 Å². The minimum atomic E-state index is -1.49. The van der Waals surface area contributed by atoms with E-state index in [0.29, 0.717) is 52.7 Å². The van der Waals surface area contributed by atoms with Crippen LogP contribution in [-0.4, -0.2) is 42.0 Å². The lowest BCUT2D eigenvalue weighted by atomic mass is 9.72. The maximum atomic E-state index is 13.4. The van der Waals surface area contributed by atoms with Crippen LogP contribution in [0.25, 0.3) is 0 Å². The first-order chi connectivity index (χ1) is 13.6. The number of fused-ring (bicyclic) bond motifs is 7. The second-order valence-corrected chi connectivity index (χ2v) is 7.25. The topological polar surface area (TPSA) is 94.5 Å². The van der Waals surface area contributed by atoms with E-state index < -0.39 is 11.5 Å². The molecule has 2 aromatic carbocycles. The number of rotatable bonds is 1. The van der Waals surface area contributed by atoms with Crippen molar-refractivity contribution in [1.29, 1.82) is 0 Å². The highest BCUT2D eigenvalue weighted by molar-refractivity contribution is 6.05. The van der Waals surface area contributed by atoms with Gasteiger partial charge in [-0.2, -0.15) is 0 Å². The van der Waals surface area contributed by atoms with E-state index in [2.05, 4.69) is 0 Å². The molecule has 0 fully saturated rings. The molecule has 1 N–H and O–H groups in total. The van der Waals surface area contributed by atoms with Gasteiger partial charge in [0.2, 0.25) is 13.6 Å². The highest BCUT2D eigenvalue weighted by Gasteiger charge is 2.56. The molecule has 8 heteroatoms. The van der Waals surface area contributed by atoms with Gasteiger partial charge in [-0.25, -0.2) is 4.79 Å². The van der Waals surface area contributed by atoms with Gasteiger partial charge in [0, 0.05) is 13.0 Å². The average Bonchev–Trinajstić information content (AvgIpc) is 3.34. The molecular formula is C20H15NO7. The van der Waals surface area contributed by atoms with Gasteiger partial charge in [-0.1, -0.05) is 6.07 Å². The molecule has 6 rings (SSSR count). The molecule has 28 heavy (non-hydrogen) atoms. The minimum Gasteiger partial charge on any atom is -0.479 e. The van der Waals surface area contributed by atoms with Crippen LogP contribution in [0.3, 0.4) is 0 Å². The zero-order valence-corrected chi connectivity index (χ0v) is 14.7. The lowest BCUT2D eigenvalue weighted by molar-refractivity contribution is -0.151. The molecule has 1 atom stereocenters. The molecule has 1 amide bonds. The fourth-order valence-electron chi connectivity index (χ4n) is 4.72. The highest BCUT2D eigenvalue weighted by atomic mass is 16.7. The predicted molar refractivity (Wildman–Crippen MR) is 92.9 cm³/mol. The summed E-state index contributed by atoms with van der Waals surface area (Å²) < 4.78 is 21.8. The SMILES string of the molecule is O=C1c2c(ccc3c2OCO3)CC2(C(=O)O)c3cc4c(cc3CCN12)OCO4. The van der Waals surface area contributed by atoms with Crippen LogP contribution in [0.15, 0.2) is 24.3 Å². The Kier molecular flexibility index (Phi) is 2.84. The van der Waals surface area contributed by atoms with Crippen LogP contribution in [0.5, 0.6) is 23.0 Å². The molecule has 142 valence electrons. The maximum absolute atomic E-state index is 13.4. The van der Waals surface area contributed by atoms with Crippen LogP contribution in [-0.2, 0) is 23.2 Å². The summed E-state index contributed by atoms with van der Waals surface area (Å²) >= 11 is 0. The van der Waals surface area contributed by atoms with Crippen LogP contribution in [0.4, 0.5) is 0 Å². The van der Waals surface area contributed by atoms with E-state index in [1.807, 2.05) is 6.07 Å². The van der Waals surface area contributed by atoms with Gasteiger partial charge < -0.3 is 29.0 Å². The lowest BCUT2D eigenvalue weighted by Gasteiger charge is -2.48. The standard InChI is InChI=1S/C20H15NO7/c22-18-16-11(1-2-13-17(16)28-9-25-13)7-20(19(23)24)12-6-15-14(26-8-27-15)5-10(12)3-4-21(18)20/h1-2,5-6H,3-4,7-9H2,(H,23,24). The van der Waals surface area contributed by atoms with Gasteiger partial charge in [0.05, 0.1) is 5.56 Å². The van der Waals surface area contributed by atoms with Crippen LogP contribution in [0.2, 0.25) is 0 Å². The Morgan fingerprint density at radius 2 is 1.75 bits per heavy atom. The maximum Gasteiger partial charge on any atom is 0.334 e. The summed E-state index contributed by atoms with van der Waals surface area (Å²) in [6, 6.07) is 7.02. The monoisotopic (exact) mass is 381 g/mol. The fraction of sp³-hybridized carbons (Fsp3) is 0.300. The van der Waals surface area contributed by atoms with Gasteiger partial charge in [0.1, 0.15) is 0 Å². The number of aliphatic carboxylic acids is 1. The molecule has 4 aliphatic rings. The first-order valence-corrected chi connectivity index (χ1v) is 8.99. The van der Waals surface area contributed by atoms with Crippen LogP contribution in [0.1, 0.15) is 27.0 Å². The summed E-state index contributed by atoms with van der Waals surface area (Å²) in [7, 11) is 0. The Balaban J connectivity index is 1.60. The predicted octanol–water partition coefficient (Wildman–Crippen LogP) is 1.68. The van der Waals surface area contributed by atoms with E-state index in [-0.39, 0.29) is 25.9 Å². The van der Waals surface area contributed by atoms with Crippen molar-refractivity contribution in [2.75, 3.05) is 20.1 Å². The molecule has 0 radical (unpaired) electrons. The van der Waals surface area contributed by atoms with Crippen molar-refractivity contribution in [2.45, 2.75) is 18.4 Å². The van der Waals surface area contributed by atoms with Gasteiger partial charge in [-0.3, -0.25) is 4.79 Å². The van der Waals surface area contributed by atoms with E-state index in [1.165, 1.54) is 4.90 Å². The van der Waals surface area contributed by atoms with Gasteiger partial charge in [0.25, 0.3) is 5.91 Å². The normalized spacial score (nSPS) is 23.1. The number of carboxylic acids is 1. The largest absolute Gasteiger partial charge is 0.479 e. The number of amides is 1. The molecule has 0 saturated carbocycles. The molecule has 1 unspecified atom stereocenters. The van der Waals surface area contributed by atoms with E-state index in [0.717, 1.165) is 5.56 Å². The summed E-state index contributed by atoms with van der Waals surface area (Å²) in [5, 5.41) is 10.3. The third-order valence-electron chi connectivity index (χ3n) is 5.99. The van der Waals surface area contributed by atoms with Gasteiger partial charge in [-0.05, 0) is 41.3 Å². The van der Waals surface area contributed by atoms with Crippen molar-refractivity contribution >= 4 is 11.9 Å². The van der Waals surface area contributed by atoms with Crippen molar-refractivity contribution in [1.82, 2.24) is 4.90 Å². The van der Waals surface area contributed by atoms with Crippen molar-refractivity contribution in [3.8, 4) is 23.0 Å². The second kappa shape index (κ2) is 5.09. The number of nitrogens with zero attached hydrogens (tertiary/aromatic N) is 1. The van der Waals surface area contributed by atoms with Crippen LogP contribution in [0, 0.1) is 0 Å². The molecule has 0 saturated heterocycles. The van der Waals surface area contributed by atoms with Crippen molar-refractivity contribution in [2.24, 2.45) is 0 Å². The van der Waals surface area contributed by atoms with E-state index >= 15 is 0 Å². The van der Waals surface area contributed by atoms with E-state index in [1.54, 1.807) is 18.2 Å². The molecule has 0 aliphatic carbocycles. The number of hydrogen-bond acceptors (Lipinski definition) is 6. The molecular weight excluding hydrogens is 366 g/mol. The van der Waals surface area contributed by atoms with Crippen LogP contribution >= 0.6 is 0 Å². The zero-order valence-electron chi connectivity index (χ0n) is 14.7. The molecule has 0 spiro atoms. The third-order valence-corrected chi connectivity index (χ3v) is 5.99. The second-order valence-electron chi connectivity index (χ2n) is 7.25. The quantitative estimate of drug-likeness (QED) is 0.803. The Labute approximate surface area is 159 Å². The Hall–Kier alpha value is -3.42.